The molecule has 0 atom stereocenters. The van der Waals surface area contributed by atoms with E-state index in [1.807, 2.05) is 12.1 Å². The molecule has 1 aromatic heterocycles. The van der Waals surface area contributed by atoms with Crippen molar-refractivity contribution in [3.63, 3.8) is 0 Å². The van der Waals surface area contributed by atoms with Gasteiger partial charge in [0.15, 0.2) is 5.16 Å². The molecule has 1 heterocycles. The molecule has 31 heavy (non-hydrogen) atoms. The van der Waals surface area contributed by atoms with Crippen molar-refractivity contribution in [2.24, 2.45) is 0 Å². The molecule has 0 bridgehead atoms. The van der Waals surface area contributed by atoms with Crippen LogP contribution in [0.25, 0.3) is 5.69 Å². The van der Waals surface area contributed by atoms with E-state index in [-0.39, 0.29) is 24.0 Å². The maximum Gasteiger partial charge on any atom is 0.234 e. The molecule has 0 aliphatic heterocycles. The first-order valence-corrected chi connectivity index (χ1v) is 12.1. The second-order valence-corrected chi connectivity index (χ2v) is 9.58. The predicted octanol–water partition coefficient (Wildman–Crippen LogP) is 3.26. The highest BCUT2D eigenvalue weighted by atomic mass is 35.5. The Hall–Kier alpha value is -2.66. The van der Waals surface area contributed by atoms with Crippen LogP contribution >= 0.6 is 23.4 Å². The van der Waals surface area contributed by atoms with Crippen LogP contribution in [0.3, 0.4) is 0 Å². The van der Waals surface area contributed by atoms with Crippen molar-refractivity contribution in [2.45, 2.75) is 10.9 Å². The van der Waals surface area contributed by atoms with Crippen molar-refractivity contribution < 1.29 is 13.2 Å². The minimum Gasteiger partial charge on any atom is -0.325 e. The van der Waals surface area contributed by atoms with Crippen LogP contribution in [-0.4, -0.2) is 41.4 Å². The Labute approximate surface area is 189 Å². The number of hydrogen-bond acceptors (Lipinski definition) is 6. The number of anilines is 1. The Kier molecular flexibility index (Phi) is 7.85. The van der Waals surface area contributed by atoms with E-state index in [1.165, 1.54) is 17.8 Å². The lowest BCUT2D eigenvalue weighted by atomic mass is 10.2. The molecule has 1 amide bonds. The highest BCUT2D eigenvalue weighted by molar-refractivity contribution is 7.99. The average Bonchev–Trinajstić information content (AvgIpc) is 3.21. The molecule has 3 rings (SSSR count). The number of nitrogens with one attached hydrogen (secondary N) is 2. The fourth-order valence-electron chi connectivity index (χ4n) is 2.59. The van der Waals surface area contributed by atoms with Crippen LogP contribution in [0.1, 0.15) is 5.56 Å². The number of nitrogens with zero attached hydrogens (tertiary/aromatic N) is 3. The molecule has 0 spiro atoms. The van der Waals surface area contributed by atoms with E-state index in [9.17, 15) is 13.2 Å². The van der Waals surface area contributed by atoms with Crippen molar-refractivity contribution in [1.29, 1.82) is 0 Å². The number of benzene rings is 2. The van der Waals surface area contributed by atoms with Gasteiger partial charge < -0.3 is 5.32 Å². The molecule has 0 saturated carbocycles. The monoisotopic (exact) mass is 477 g/mol. The molecule has 3 aromatic rings. The van der Waals surface area contributed by atoms with Crippen LogP contribution in [0.2, 0.25) is 5.02 Å². The zero-order valence-corrected chi connectivity index (χ0v) is 18.8. The van der Waals surface area contributed by atoms with Gasteiger partial charge in [-0.2, -0.15) is 0 Å². The summed E-state index contributed by atoms with van der Waals surface area (Å²) in [6.45, 7) is 3.66. The van der Waals surface area contributed by atoms with Gasteiger partial charge in [-0.15, -0.1) is 16.8 Å². The summed E-state index contributed by atoms with van der Waals surface area (Å²) in [6, 6.07) is 13.9. The molecule has 0 saturated heterocycles. The van der Waals surface area contributed by atoms with Crippen molar-refractivity contribution in [3.05, 3.63) is 78.1 Å². The minimum absolute atomic E-state index is 0.126. The van der Waals surface area contributed by atoms with Crippen molar-refractivity contribution in [1.82, 2.24) is 19.5 Å². The largest absolute Gasteiger partial charge is 0.325 e. The third-order valence-electron chi connectivity index (χ3n) is 3.98. The number of aromatic nitrogens is 3. The smallest absolute Gasteiger partial charge is 0.234 e. The first kappa shape index (κ1) is 23.0. The van der Waals surface area contributed by atoms with Crippen LogP contribution in [0.4, 0.5) is 5.69 Å². The number of rotatable bonds is 10. The Bertz CT molecular complexity index is 1160. The standard InChI is InChI=1S/C20H20ClN5O3S2/c1-2-10-23-31(28,29)13-15-6-8-17(9-7-15)24-19(27)12-30-20-25-22-14-26(20)18-5-3-4-16(21)11-18/h2-9,11,14,23H,1,10,12-13H2,(H,24,27). The van der Waals surface area contributed by atoms with Gasteiger partial charge in [-0.1, -0.05) is 47.6 Å². The van der Waals surface area contributed by atoms with Gasteiger partial charge in [-0.05, 0) is 35.9 Å². The predicted molar refractivity (Wildman–Crippen MR) is 123 cm³/mol. The Morgan fingerprint density at radius 1 is 1.23 bits per heavy atom. The number of carbonyl (C=O) groups is 1. The second kappa shape index (κ2) is 10.6. The number of amides is 1. The van der Waals surface area contributed by atoms with E-state index in [0.29, 0.717) is 21.4 Å². The van der Waals surface area contributed by atoms with Gasteiger partial charge in [0.05, 0.1) is 17.2 Å². The third kappa shape index (κ3) is 6.93. The molecule has 0 aliphatic carbocycles. The molecule has 162 valence electrons. The molecule has 0 aliphatic rings. The molecule has 11 heteroatoms. The summed E-state index contributed by atoms with van der Waals surface area (Å²) in [5, 5.41) is 11.9. The number of sulfonamides is 1. The van der Waals surface area contributed by atoms with Gasteiger partial charge in [0.2, 0.25) is 15.9 Å². The van der Waals surface area contributed by atoms with Crippen LogP contribution in [-0.2, 0) is 20.6 Å². The van der Waals surface area contributed by atoms with E-state index >= 15 is 0 Å². The molecule has 2 N–H and O–H groups in total. The zero-order valence-electron chi connectivity index (χ0n) is 16.4. The quantitative estimate of drug-likeness (QED) is 0.343. The van der Waals surface area contributed by atoms with Crippen LogP contribution < -0.4 is 10.0 Å². The van der Waals surface area contributed by atoms with E-state index in [1.54, 1.807) is 47.3 Å². The second-order valence-electron chi connectivity index (χ2n) is 6.39. The topological polar surface area (TPSA) is 106 Å². The lowest BCUT2D eigenvalue weighted by Crippen LogP contribution is -2.25. The zero-order chi connectivity index (χ0) is 22.3. The summed E-state index contributed by atoms with van der Waals surface area (Å²) in [6.07, 6.45) is 3.04. The van der Waals surface area contributed by atoms with E-state index in [2.05, 4.69) is 26.8 Å². The first-order chi connectivity index (χ1) is 14.9. The van der Waals surface area contributed by atoms with Crippen molar-refractivity contribution in [3.8, 4) is 5.69 Å². The molecule has 8 nitrogen and oxygen atoms in total. The first-order valence-electron chi connectivity index (χ1n) is 9.12. The van der Waals surface area contributed by atoms with Gasteiger partial charge in [0.1, 0.15) is 6.33 Å². The summed E-state index contributed by atoms with van der Waals surface area (Å²) >= 11 is 7.27. The lowest BCUT2D eigenvalue weighted by Gasteiger charge is -2.08. The molecular formula is C20H20ClN5O3S2. The van der Waals surface area contributed by atoms with Gasteiger partial charge in [0, 0.05) is 17.3 Å². The van der Waals surface area contributed by atoms with Gasteiger partial charge in [0.25, 0.3) is 0 Å². The summed E-state index contributed by atoms with van der Waals surface area (Å²) in [5.41, 5.74) is 1.98. The summed E-state index contributed by atoms with van der Waals surface area (Å²) < 4.78 is 28.0. The fraction of sp³-hybridized carbons (Fsp3) is 0.150. The third-order valence-corrected chi connectivity index (χ3v) is 6.48. The minimum atomic E-state index is -3.43. The summed E-state index contributed by atoms with van der Waals surface area (Å²) in [7, 11) is -3.43. The molecule has 2 aromatic carbocycles. The Morgan fingerprint density at radius 2 is 2.00 bits per heavy atom. The molecular weight excluding hydrogens is 458 g/mol. The maximum absolute atomic E-state index is 12.3. The Morgan fingerprint density at radius 3 is 2.71 bits per heavy atom. The SMILES string of the molecule is C=CCNS(=O)(=O)Cc1ccc(NC(=O)CSc2nncn2-c2cccc(Cl)c2)cc1. The highest BCUT2D eigenvalue weighted by Gasteiger charge is 2.12. The Balaban J connectivity index is 1.55. The van der Waals surface area contributed by atoms with Gasteiger partial charge >= 0.3 is 0 Å². The summed E-state index contributed by atoms with van der Waals surface area (Å²) in [4.78, 5) is 12.3. The normalized spacial score (nSPS) is 11.3. The average molecular weight is 478 g/mol. The van der Waals surface area contributed by atoms with Crippen molar-refractivity contribution >= 4 is 45.0 Å². The van der Waals surface area contributed by atoms with Gasteiger partial charge in [-0.3, -0.25) is 9.36 Å². The van der Waals surface area contributed by atoms with E-state index in [0.717, 1.165) is 5.69 Å². The van der Waals surface area contributed by atoms with E-state index in [4.69, 9.17) is 11.6 Å². The molecule has 0 unspecified atom stereocenters. The molecule has 0 radical (unpaired) electrons. The number of thioether (sulfide) groups is 1. The van der Waals surface area contributed by atoms with Crippen LogP contribution in [0.5, 0.6) is 0 Å². The van der Waals surface area contributed by atoms with E-state index < -0.39 is 10.0 Å². The van der Waals surface area contributed by atoms with Crippen molar-refractivity contribution in [2.75, 3.05) is 17.6 Å². The number of hydrogen-bond donors (Lipinski definition) is 2. The van der Waals surface area contributed by atoms with Crippen LogP contribution in [0, 0.1) is 0 Å². The lowest BCUT2D eigenvalue weighted by molar-refractivity contribution is -0.113. The van der Waals surface area contributed by atoms with Gasteiger partial charge in [-0.25, -0.2) is 13.1 Å². The summed E-state index contributed by atoms with van der Waals surface area (Å²) in [5.74, 6) is -0.246. The highest BCUT2D eigenvalue weighted by Crippen LogP contribution is 2.22. The maximum atomic E-state index is 12.3. The number of carbonyl (C=O) groups excluding carboxylic acids is 1. The number of halogens is 1. The fourth-order valence-corrected chi connectivity index (χ4v) is 4.61. The molecule has 0 fully saturated rings. The van der Waals surface area contributed by atoms with Crippen LogP contribution in [0.15, 0.2) is 72.7 Å².